The summed E-state index contributed by atoms with van der Waals surface area (Å²) < 4.78 is 10.1. The second kappa shape index (κ2) is 5.51. The Morgan fingerprint density at radius 3 is 3.00 bits per heavy atom. The van der Waals surface area contributed by atoms with Crippen molar-refractivity contribution in [2.75, 3.05) is 18.6 Å². The van der Waals surface area contributed by atoms with Crippen LogP contribution in [0.25, 0.3) is 0 Å². The number of nitrogens with zero attached hydrogens (tertiary/aromatic N) is 3. The first-order valence-electron chi connectivity index (χ1n) is 5.91. The number of anilines is 1. The summed E-state index contributed by atoms with van der Waals surface area (Å²) >= 11 is 0. The van der Waals surface area contributed by atoms with Crippen molar-refractivity contribution >= 4 is 11.6 Å². The van der Waals surface area contributed by atoms with E-state index in [9.17, 15) is 4.79 Å². The van der Waals surface area contributed by atoms with Crippen molar-refractivity contribution in [3.63, 3.8) is 0 Å². The normalized spacial score (nSPS) is 10.3. The van der Waals surface area contributed by atoms with E-state index in [0.717, 1.165) is 11.4 Å². The van der Waals surface area contributed by atoms with Gasteiger partial charge in [-0.3, -0.25) is 9.78 Å². The van der Waals surface area contributed by atoms with E-state index in [4.69, 9.17) is 9.15 Å². The number of rotatable bonds is 4. The Hall–Kier alpha value is -2.37. The zero-order chi connectivity index (χ0) is 13.8. The van der Waals surface area contributed by atoms with Gasteiger partial charge in [0.1, 0.15) is 6.26 Å². The van der Waals surface area contributed by atoms with Gasteiger partial charge in [0.15, 0.2) is 5.69 Å². The number of hydrogen-bond acceptors (Lipinski definition) is 5. The van der Waals surface area contributed by atoms with Crippen LogP contribution in [0.15, 0.2) is 29.0 Å². The Morgan fingerprint density at radius 2 is 2.32 bits per heavy atom. The van der Waals surface area contributed by atoms with E-state index in [0.29, 0.717) is 6.61 Å². The van der Waals surface area contributed by atoms with Crippen LogP contribution in [0.2, 0.25) is 0 Å². The minimum Gasteiger partial charge on any atom is -0.450 e. The molecule has 19 heavy (non-hydrogen) atoms. The number of amides is 1. The van der Waals surface area contributed by atoms with E-state index in [1.807, 2.05) is 19.9 Å². The number of pyridine rings is 1. The van der Waals surface area contributed by atoms with Gasteiger partial charge in [-0.25, -0.2) is 0 Å². The van der Waals surface area contributed by atoms with Gasteiger partial charge in [0.25, 0.3) is 5.91 Å². The molecule has 6 nitrogen and oxygen atoms in total. The third-order valence-electron chi connectivity index (χ3n) is 2.54. The van der Waals surface area contributed by atoms with E-state index < -0.39 is 0 Å². The topological polar surface area (TPSA) is 68.5 Å². The van der Waals surface area contributed by atoms with Gasteiger partial charge in [-0.05, 0) is 26.0 Å². The molecule has 0 aromatic carbocycles. The number of aromatic nitrogens is 2. The lowest BCUT2D eigenvalue weighted by Crippen LogP contribution is -2.26. The molecule has 0 bridgehead atoms. The summed E-state index contributed by atoms with van der Waals surface area (Å²) in [6, 6.07) is 3.58. The van der Waals surface area contributed by atoms with E-state index in [2.05, 4.69) is 9.97 Å². The molecule has 0 radical (unpaired) electrons. The van der Waals surface area contributed by atoms with Gasteiger partial charge >= 0.3 is 6.08 Å². The van der Waals surface area contributed by atoms with Gasteiger partial charge in [-0.1, -0.05) is 0 Å². The van der Waals surface area contributed by atoms with Crippen molar-refractivity contribution in [2.45, 2.75) is 13.8 Å². The molecule has 0 spiro atoms. The van der Waals surface area contributed by atoms with Gasteiger partial charge in [-0.15, -0.1) is 0 Å². The molecule has 100 valence electrons. The van der Waals surface area contributed by atoms with Crippen LogP contribution in [0.4, 0.5) is 5.69 Å². The molecular weight excluding hydrogens is 246 g/mol. The van der Waals surface area contributed by atoms with Crippen molar-refractivity contribution in [3.8, 4) is 6.08 Å². The van der Waals surface area contributed by atoms with Crippen molar-refractivity contribution in [2.24, 2.45) is 0 Å². The second-order valence-corrected chi connectivity index (χ2v) is 3.95. The SMILES string of the molecule is CCOc1nc(C(=O)N(C)c2ccnc(C)c2)co1. The Balaban J connectivity index is 2.18. The summed E-state index contributed by atoms with van der Waals surface area (Å²) in [6.45, 7) is 4.12. The molecule has 0 atom stereocenters. The molecule has 6 heteroatoms. The van der Waals surface area contributed by atoms with E-state index in [-0.39, 0.29) is 17.7 Å². The largest absolute Gasteiger partial charge is 0.450 e. The standard InChI is InChI=1S/C13H15N3O3/c1-4-18-13-15-11(8-19-13)12(17)16(3)10-5-6-14-9(2)7-10/h5-8H,4H2,1-3H3. The van der Waals surface area contributed by atoms with Gasteiger partial charge in [0.2, 0.25) is 0 Å². The van der Waals surface area contributed by atoms with Crippen molar-refractivity contribution in [1.82, 2.24) is 9.97 Å². The Kier molecular flexibility index (Phi) is 3.79. The molecule has 0 aliphatic carbocycles. The fourth-order valence-corrected chi connectivity index (χ4v) is 1.57. The van der Waals surface area contributed by atoms with Crippen molar-refractivity contribution < 1.29 is 13.9 Å². The van der Waals surface area contributed by atoms with Crippen molar-refractivity contribution in [1.29, 1.82) is 0 Å². The first kappa shape index (κ1) is 13.1. The lowest BCUT2D eigenvalue weighted by atomic mass is 10.3. The maximum Gasteiger partial charge on any atom is 0.394 e. The molecule has 2 aromatic rings. The van der Waals surface area contributed by atoms with Crippen LogP contribution in [0.1, 0.15) is 23.1 Å². The lowest BCUT2D eigenvalue weighted by molar-refractivity contribution is 0.0988. The van der Waals surface area contributed by atoms with Crippen LogP contribution in [0.5, 0.6) is 6.08 Å². The average Bonchev–Trinajstić information content (AvgIpc) is 2.86. The number of carbonyl (C=O) groups is 1. The Morgan fingerprint density at radius 1 is 1.53 bits per heavy atom. The number of hydrogen-bond donors (Lipinski definition) is 0. The molecule has 0 saturated heterocycles. The Bertz CT molecular complexity index is 580. The molecule has 0 N–H and O–H groups in total. The summed E-state index contributed by atoms with van der Waals surface area (Å²) in [4.78, 5) is 21.8. The molecule has 1 amide bonds. The van der Waals surface area contributed by atoms with Gasteiger partial charge in [0.05, 0.1) is 6.61 Å². The zero-order valence-electron chi connectivity index (χ0n) is 11.1. The molecule has 0 aliphatic heterocycles. The maximum atomic E-state index is 12.2. The highest BCUT2D eigenvalue weighted by Gasteiger charge is 2.18. The maximum absolute atomic E-state index is 12.2. The number of ether oxygens (including phenoxy) is 1. The van der Waals surface area contributed by atoms with E-state index in [1.54, 1.807) is 19.3 Å². The lowest BCUT2D eigenvalue weighted by Gasteiger charge is -2.15. The number of aryl methyl sites for hydroxylation is 1. The minimum atomic E-state index is -0.264. The number of carbonyl (C=O) groups excluding carboxylic acids is 1. The molecule has 2 aromatic heterocycles. The van der Waals surface area contributed by atoms with Crippen LogP contribution < -0.4 is 9.64 Å². The molecule has 0 saturated carbocycles. The van der Waals surface area contributed by atoms with Gasteiger partial charge in [0, 0.05) is 24.6 Å². The molecule has 0 aliphatic rings. The smallest absolute Gasteiger partial charge is 0.394 e. The molecule has 2 rings (SSSR count). The van der Waals surface area contributed by atoms with E-state index >= 15 is 0 Å². The van der Waals surface area contributed by atoms with Crippen LogP contribution >= 0.6 is 0 Å². The fraction of sp³-hybridized carbons (Fsp3) is 0.308. The predicted octanol–water partition coefficient (Wildman–Crippen LogP) is 2.05. The Labute approximate surface area is 111 Å². The van der Waals surface area contributed by atoms with Gasteiger partial charge < -0.3 is 14.1 Å². The summed E-state index contributed by atoms with van der Waals surface area (Å²) in [5.74, 6) is -0.264. The molecule has 2 heterocycles. The summed E-state index contributed by atoms with van der Waals surface area (Å²) in [7, 11) is 1.67. The monoisotopic (exact) mass is 261 g/mol. The third-order valence-corrected chi connectivity index (χ3v) is 2.54. The molecule has 0 fully saturated rings. The summed E-state index contributed by atoms with van der Waals surface area (Å²) in [5, 5.41) is 0. The highest BCUT2D eigenvalue weighted by Crippen LogP contribution is 2.17. The van der Waals surface area contributed by atoms with Crippen LogP contribution in [-0.2, 0) is 0 Å². The van der Waals surface area contributed by atoms with Crippen LogP contribution in [-0.4, -0.2) is 29.5 Å². The molecule has 0 unspecified atom stereocenters. The summed E-state index contributed by atoms with van der Waals surface area (Å²) in [5.41, 5.74) is 1.80. The second-order valence-electron chi connectivity index (χ2n) is 3.95. The average molecular weight is 261 g/mol. The van der Waals surface area contributed by atoms with Crippen molar-refractivity contribution in [3.05, 3.63) is 36.0 Å². The quantitative estimate of drug-likeness (QED) is 0.842. The first-order chi connectivity index (χ1) is 9.11. The van der Waals surface area contributed by atoms with Gasteiger partial charge in [-0.2, -0.15) is 4.98 Å². The van der Waals surface area contributed by atoms with Crippen LogP contribution in [0, 0.1) is 6.92 Å². The minimum absolute atomic E-state index is 0.102. The fourth-order valence-electron chi connectivity index (χ4n) is 1.57. The highest BCUT2D eigenvalue weighted by molar-refractivity contribution is 6.04. The zero-order valence-corrected chi connectivity index (χ0v) is 11.1. The summed E-state index contributed by atoms with van der Waals surface area (Å²) in [6.07, 6.45) is 3.05. The number of oxazole rings is 1. The highest BCUT2D eigenvalue weighted by atomic mass is 16.6. The van der Waals surface area contributed by atoms with Crippen LogP contribution in [0.3, 0.4) is 0 Å². The molecular formula is C13H15N3O3. The third kappa shape index (κ3) is 2.90. The first-order valence-corrected chi connectivity index (χ1v) is 5.91. The predicted molar refractivity (Wildman–Crippen MR) is 69.4 cm³/mol. The van der Waals surface area contributed by atoms with E-state index in [1.165, 1.54) is 11.2 Å².